The summed E-state index contributed by atoms with van der Waals surface area (Å²) in [5, 5.41) is 2.77. The van der Waals surface area contributed by atoms with E-state index in [-0.39, 0.29) is 11.7 Å². The average molecular weight is 327 g/mol. The van der Waals surface area contributed by atoms with Gasteiger partial charge in [-0.3, -0.25) is 9.69 Å². The Morgan fingerprint density at radius 3 is 2.46 bits per heavy atom. The lowest BCUT2D eigenvalue weighted by atomic mass is 10.2. The van der Waals surface area contributed by atoms with Gasteiger partial charge in [0, 0.05) is 37.6 Å². The Labute approximate surface area is 141 Å². The normalized spacial score (nSPS) is 15.3. The van der Waals surface area contributed by atoms with Crippen LogP contribution in [0.4, 0.5) is 15.8 Å². The van der Waals surface area contributed by atoms with Gasteiger partial charge in [-0.25, -0.2) is 4.39 Å². The highest BCUT2D eigenvalue weighted by molar-refractivity contribution is 5.92. The standard InChI is InChI=1S/C19H22FN3O/c1-15-7-8-16(13-18(15)20)21-19(24)14-22-9-11-23(12-10-22)17-5-3-2-4-6-17/h2-8,13H,9-12,14H2,1H3,(H,21,24). The first-order valence-corrected chi connectivity index (χ1v) is 8.20. The molecule has 0 atom stereocenters. The first kappa shape index (κ1) is 16.5. The quantitative estimate of drug-likeness (QED) is 0.938. The highest BCUT2D eigenvalue weighted by Crippen LogP contribution is 2.16. The maximum absolute atomic E-state index is 13.5. The number of carbonyl (C=O) groups excluding carboxylic acids is 1. The summed E-state index contributed by atoms with van der Waals surface area (Å²) in [5.74, 6) is -0.407. The summed E-state index contributed by atoms with van der Waals surface area (Å²) in [5.41, 5.74) is 2.30. The molecule has 1 aliphatic heterocycles. The van der Waals surface area contributed by atoms with Crippen LogP contribution in [0.3, 0.4) is 0 Å². The predicted octanol–water partition coefficient (Wildman–Crippen LogP) is 2.89. The van der Waals surface area contributed by atoms with Crippen LogP contribution in [0.2, 0.25) is 0 Å². The van der Waals surface area contributed by atoms with E-state index in [0.717, 1.165) is 26.2 Å². The van der Waals surface area contributed by atoms with Crippen LogP contribution in [0.5, 0.6) is 0 Å². The van der Waals surface area contributed by atoms with Crippen molar-refractivity contribution in [1.82, 2.24) is 4.90 Å². The topological polar surface area (TPSA) is 35.6 Å². The van der Waals surface area contributed by atoms with Gasteiger partial charge in [-0.1, -0.05) is 24.3 Å². The van der Waals surface area contributed by atoms with E-state index in [1.54, 1.807) is 19.1 Å². The number of hydrogen-bond donors (Lipinski definition) is 1. The van der Waals surface area contributed by atoms with Gasteiger partial charge in [-0.05, 0) is 36.8 Å². The molecule has 5 heteroatoms. The fraction of sp³-hybridized carbons (Fsp3) is 0.316. The van der Waals surface area contributed by atoms with E-state index in [1.807, 2.05) is 18.2 Å². The van der Waals surface area contributed by atoms with Gasteiger partial charge in [-0.15, -0.1) is 0 Å². The third kappa shape index (κ3) is 4.11. The number of anilines is 2. The second-order valence-electron chi connectivity index (χ2n) is 6.11. The van der Waals surface area contributed by atoms with E-state index in [0.29, 0.717) is 17.8 Å². The monoisotopic (exact) mass is 327 g/mol. The minimum Gasteiger partial charge on any atom is -0.369 e. The number of aryl methyl sites for hydroxylation is 1. The third-order valence-electron chi connectivity index (χ3n) is 4.32. The van der Waals surface area contributed by atoms with Crippen LogP contribution in [-0.4, -0.2) is 43.5 Å². The van der Waals surface area contributed by atoms with Crippen molar-refractivity contribution in [1.29, 1.82) is 0 Å². The van der Waals surface area contributed by atoms with Crippen molar-refractivity contribution >= 4 is 17.3 Å². The summed E-state index contributed by atoms with van der Waals surface area (Å²) < 4.78 is 13.5. The number of hydrogen-bond acceptors (Lipinski definition) is 3. The van der Waals surface area contributed by atoms with E-state index in [4.69, 9.17) is 0 Å². The number of benzene rings is 2. The van der Waals surface area contributed by atoms with E-state index in [1.165, 1.54) is 11.8 Å². The van der Waals surface area contributed by atoms with Crippen molar-refractivity contribution in [2.75, 3.05) is 42.9 Å². The molecule has 0 bridgehead atoms. The van der Waals surface area contributed by atoms with Crippen molar-refractivity contribution < 1.29 is 9.18 Å². The Hall–Kier alpha value is -2.40. The number of rotatable bonds is 4. The molecule has 1 heterocycles. The molecule has 1 N–H and O–H groups in total. The largest absolute Gasteiger partial charge is 0.369 e. The Balaban J connectivity index is 1.49. The minimum atomic E-state index is -0.302. The molecule has 24 heavy (non-hydrogen) atoms. The Morgan fingerprint density at radius 1 is 1.08 bits per heavy atom. The van der Waals surface area contributed by atoms with Crippen molar-refractivity contribution in [2.45, 2.75) is 6.92 Å². The van der Waals surface area contributed by atoms with Gasteiger partial charge < -0.3 is 10.2 Å². The molecule has 0 aliphatic carbocycles. The molecular weight excluding hydrogens is 305 g/mol. The van der Waals surface area contributed by atoms with E-state index < -0.39 is 0 Å². The van der Waals surface area contributed by atoms with E-state index in [9.17, 15) is 9.18 Å². The molecule has 3 rings (SSSR count). The van der Waals surface area contributed by atoms with E-state index in [2.05, 4.69) is 27.2 Å². The lowest BCUT2D eigenvalue weighted by Crippen LogP contribution is -2.48. The summed E-state index contributed by atoms with van der Waals surface area (Å²) in [4.78, 5) is 16.6. The van der Waals surface area contributed by atoms with Crippen LogP contribution >= 0.6 is 0 Å². The lowest BCUT2D eigenvalue weighted by molar-refractivity contribution is -0.117. The fourth-order valence-corrected chi connectivity index (χ4v) is 2.88. The first-order chi connectivity index (χ1) is 11.6. The number of nitrogens with zero attached hydrogens (tertiary/aromatic N) is 2. The zero-order valence-electron chi connectivity index (χ0n) is 13.8. The minimum absolute atomic E-state index is 0.105. The maximum Gasteiger partial charge on any atom is 0.238 e. The van der Waals surface area contributed by atoms with Crippen LogP contribution < -0.4 is 10.2 Å². The smallest absolute Gasteiger partial charge is 0.238 e. The molecular formula is C19H22FN3O. The van der Waals surface area contributed by atoms with Crippen LogP contribution in [0.15, 0.2) is 48.5 Å². The molecule has 0 spiro atoms. The van der Waals surface area contributed by atoms with Crippen LogP contribution in [0.25, 0.3) is 0 Å². The number of para-hydroxylation sites is 1. The number of halogens is 1. The maximum atomic E-state index is 13.5. The van der Waals surface area contributed by atoms with Gasteiger partial charge in [0.2, 0.25) is 5.91 Å². The number of amides is 1. The Bertz CT molecular complexity index is 697. The molecule has 2 aromatic rings. The molecule has 0 aromatic heterocycles. The highest BCUT2D eigenvalue weighted by Gasteiger charge is 2.19. The summed E-state index contributed by atoms with van der Waals surface area (Å²) >= 11 is 0. The van der Waals surface area contributed by atoms with Gasteiger partial charge in [0.15, 0.2) is 0 Å². The molecule has 1 aliphatic rings. The van der Waals surface area contributed by atoms with Crippen molar-refractivity contribution in [3.8, 4) is 0 Å². The molecule has 0 saturated carbocycles. The first-order valence-electron chi connectivity index (χ1n) is 8.20. The average Bonchev–Trinajstić information content (AvgIpc) is 2.59. The van der Waals surface area contributed by atoms with Crippen molar-refractivity contribution in [3.05, 3.63) is 59.9 Å². The number of nitrogens with one attached hydrogen (secondary N) is 1. The molecule has 0 radical (unpaired) electrons. The van der Waals surface area contributed by atoms with Gasteiger partial charge in [0.05, 0.1) is 6.54 Å². The summed E-state index contributed by atoms with van der Waals surface area (Å²) in [7, 11) is 0. The van der Waals surface area contributed by atoms with Gasteiger partial charge in [0.25, 0.3) is 0 Å². The Morgan fingerprint density at radius 2 is 1.79 bits per heavy atom. The van der Waals surface area contributed by atoms with E-state index >= 15 is 0 Å². The van der Waals surface area contributed by atoms with Gasteiger partial charge in [-0.2, -0.15) is 0 Å². The number of carbonyl (C=O) groups is 1. The molecule has 126 valence electrons. The summed E-state index contributed by atoms with van der Waals surface area (Å²) in [6.07, 6.45) is 0. The Kier molecular flexibility index (Phi) is 5.11. The lowest BCUT2D eigenvalue weighted by Gasteiger charge is -2.35. The van der Waals surface area contributed by atoms with Crippen LogP contribution in [0, 0.1) is 12.7 Å². The van der Waals surface area contributed by atoms with Gasteiger partial charge >= 0.3 is 0 Å². The molecule has 1 fully saturated rings. The SMILES string of the molecule is Cc1ccc(NC(=O)CN2CCN(c3ccccc3)CC2)cc1F. The van der Waals surface area contributed by atoms with Crippen LogP contribution in [0.1, 0.15) is 5.56 Å². The molecule has 2 aromatic carbocycles. The predicted molar refractivity (Wildman–Crippen MR) is 94.9 cm³/mol. The third-order valence-corrected chi connectivity index (χ3v) is 4.32. The highest BCUT2D eigenvalue weighted by atomic mass is 19.1. The summed E-state index contributed by atoms with van der Waals surface area (Å²) in [6.45, 7) is 5.51. The van der Waals surface area contributed by atoms with Crippen molar-refractivity contribution in [3.63, 3.8) is 0 Å². The zero-order chi connectivity index (χ0) is 16.9. The molecule has 1 amide bonds. The summed E-state index contributed by atoms with van der Waals surface area (Å²) in [6, 6.07) is 15.1. The molecule has 1 saturated heterocycles. The van der Waals surface area contributed by atoms with Gasteiger partial charge in [0.1, 0.15) is 5.82 Å². The second kappa shape index (κ2) is 7.45. The number of piperazine rings is 1. The fourth-order valence-electron chi connectivity index (χ4n) is 2.88. The molecule has 0 unspecified atom stereocenters. The van der Waals surface area contributed by atoms with Crippen molar-refractivity contribution in [2.24, 2.45) is 0 Å². The zero-order valence-corrected chi connectivity index (χ0v) is 13.8. The second-order valence-corrected chi connectivity index (χ2v) is 6.11. The molecule has 4 nitrogen and oxygen atoms in total. The van der Waals surface area contributed by atoms with Crippen LogP contribution in [-0.2, 0) is 4.79 Å².